The van der Waals surface area contributed by atoms with Crippen molar-refractivity contribution in [2.75, 3.05) is 7.11 Å². The molecule has 0 amide bonds. The van der Waals surface area contributed by atoms with Crippen LogP contribution in [0, 0.1) is 0 Å². The predicted octanol–water partition coefficient (Wildman–Crippen LogP) is 4.01. The maximum absolute atomic E-state index is 10.5. The summed E-state index contributed by atoms with van der Waals surface area (Å²) in [5.41, 5.74) is 2.03. The minimum absolute atomic E-state index is 0.515. The summed E-state index contributed by atoms with van der Waals surface area (Å²) < 4.78 is 5.33. The van der Waals surface area contributed by atoms with Crippen molar-refractivity contribution in [1.29, 1.82) is 0 Å². The number of para-hydroxylation sites is 1. The summed E-state index contributed by atoms with van der Waals surface area (Å²) in [6.07, 6.45) is 8.79. The van der Waals surface area contributed by atoms with Crippen LogP contribution < -0.4 is 4.74 Å². The molecule has 0 aliphatic heterocycles. The number of methoxy groups -OCH3 is 1. The minimum atomic E-state index is -0.515. The lowest BCUT2D eigenvalue weighted by molar-refractivity contribution is 0.204. The number of aliphatic hydroxyl groups is 1. The molecule has 18 heavy (non-hydrogen) atoms. The van der Waals surface area contributed by atoms with E-state index in [0.29, 0.717) is 0 Å². The zero-order valence-electron chi connectivity index (χ0n) is 11.1. The Bertz CT molecular complexity index is 409. The van der Waals surface area contributed by atoms with E-state index in [9.17, 15) is 5.11 Å². The molecule has 2 nitrogen and oxygen atoms in total. The Morgan fingerprint density at radius 1 is 1.11 bits per heavy atom. The summed E-state index contributed by atoms with van der Waals surface area (Å²) in [4.78, 5) is 0. The second-order valence-corrected chi connectivity index (χ2v) is 4.88. The monoisotopic (exact) mass is 246 g/mol. The van der Waals surface area contributed by atoms with Crippen molar-refractivity contribution in [3.63, 3.8) is 0 Å². The fourth-order valence-electron chi connectivity index (χ4n) is 2.56. The molecule has 0 saturated carbocycles. The van der Waals surface area contributed by atoms with Gasteiger partial charge >= 0.3 is 0 Å². The van der Waals surface area contributed by atoms with Crippen LogP contribution in [0.25, 0.3) is 0 Å². The highest BCUT2D eigenvalue weighted by Crippen LogP contribution is 2.33. The van der Waals surface area contributed by atoms with E-state index in [1.165, 1.54) is 25.7 Å². The van der Waals surface area contributed by atoms with E-state index in [1.807, 2.05) is 24.3 Å². The molecule has 1 aromatic carbocycles. The number of rotatable bonds is 3. The Morgan fingerprint density at radius 3 is 2.72 bits per heavy atom. The molecule has 0 spiro atoms. The van der Waals surface area contributed by atoms with E-state index in [4.69, 9.17) is 4.74 Å². The summed E-state index contributed by atoms with van der Waals surface area (Å²) in [6.45, 7) is 0. The Hall–Kier alpha value is -1.28. The largest absolute Gasteiger partial charge is 0.496 e. The molecule has 0 saturated heterocycles. The van der Waals surface area contributed by atoms with E-state index < -0.39 is 6.10 Å². The van der Waals surface area contributed by atoms with Crippen molar-refractivity contribution >= 4 is 0 Å². The number of benzene rings is 1. The first-order chi connectivity index (χ1) is 8.83. The van der Waals surface area contributed by atoms with Crippen LogP contribution in [0.5, 0.6) is 5.75 Å². The van der Waals surface area contributed by atoms with Crippen LogP contribution in [0.2, 0.25) is 0 Å². The van der Waals surface area contributed by atoms with Crippen LogP contribution in [0.15, 0.2) is 35.9 Å². The molecular weight excluding hydrogens is 224 g/mol. The summed E-state index contributed by atoms with van der Waals surface area (Å²) in [7, 11) is 1.65. The van der Waals surface area contributed by atoms with Crippen LogP contribution in [-0.4, -0.2) is 12.2 Å². The number of ether oxygens (including phenoxy) is 1. The SMILES string of the molecule is COc1ccccc1C(O)/C1=C/CCCCCC1. The van der Waals surface area contributed by atoms with Gasteiger partial charge in [-0.3, -0.25) is 0 Å². The molecule has 0 bridgehead atoms. The van der Waals surface area contributed by atoms with Gasteiger partial charge in [0, 0.05) is 5.56 Å². The van der Waals surface area contributed by atoms with Crippen molar-refractivity contribution in [1.82, 2.24) is 0 Å². The predicted molar refractivity (Wildman–Crippen MR) is 73.7 cm³/mol. The topological polar surface area (TPSA) is 29.5 Å². The third kappa shape index (κ3) is 3.14. The van der Waals surface area contributed by atoms with E-state index in [0.717, 1.165) is 29.7 Å². The van der Waals surface area contributed by atoms with Crippen molar-refractivity contribution in [3.8, 4) is 5.75 Å². The van der Waals surface area contributed by atoms with Crippen molar-refractivity contribution in [3.05, 3.63) is 41.5 Å². The van der Waals surface area contributed by atoms with Crippen LogP contribution >= 0.6 is 0 Å². The van der Waals surface area contributed by atoms with Gasteiger partial charge in [-0.1, -0.05) is 37.1 Å². The Kier molecular flexibility index (Phi) is 4.82. The molecule has 2 heteroatoms. The Morgan fingerprint density at radius 2 is 1.89 bits per heavy atom. The van der Waals surface area contributed by atoms with E-state index in [1.54, 1.807) is 7.11 Å². The van der Waals surface area contributed by atoms with Crippen molar-refractivity contribution in [2.45, 2.75) is 44.6 Å². The molecule has 2 rings (SSSR count). The van der Waals surface area contributed by atoms with E-state index >= 15 is 0 Å². The van der Waals surface area contributed by atoms with Crippen LogP contribution in [0.4, 0.5) is 0 Å². The van der Waals surface area contributed by atoms with Gasteiger partial charge in [0.2, 0.25) is 0 Å². The third-order valence-corrected chi connectivity index (χ3v) is 3.61. The van der Waals surface area contributed by atoms with Gasteiger partial charge in [-0.2, -0.15) is 0 Å². The van der Waals surface area contributed by atoms with Gasteiger partial charge in [0.25, 0.3) is 0 Å². The highest BCUT2D eigenvalue weighted by atomic mass is 16.5. The summed E-state index contributed by atoms with van der Waals surface area (Å²) >= 11 is 0. The Labute approximate surface area is 109 Å². The molecule has 1 aromatic rings. The van der Waals surface area contributed by atoms with Crippen molar-refractivity contribution in [2.24, 2.45) is 0 Å². The highest BCUT2D eigenvalue weighted by Gasteiger charge is 2.17. The first-order valence-electron chi connectivity index (χ1n) is 6.83. The van der Waals surface area contributed by atoms with Crippen molar-refractivity contribution < 1.29 is 9.84 Å². The fraction of sp³-hybridized carbons (Fsp3) is 0.500. The zero-order chi connectivity index (χ0) is 12.8. The number of hydrogen-bond donors (Lipinski definition) is 1. The molecule has 1 aliphatic carbocycles. The molecule has 98 valence electrons. The molecule has 0 radical (unpaired) electrons. The van der Waals surface area contributed by atoms with E-state index in [-0.39, 0.29) is 0 Å². The Balaban J connectivity index is 2.20. The molecule has 0 fully saturated rings. The maximum Gasteiger partial charge on any atom is 0.124 e. The smallest absolute Gasteiger partial charge is 0.124 e. The average molecular weight is 246 g/mol. The number of aliphatic hydroxyl groups excluding tert-OH is 1. The van der Waals surface area contributed by atoms with Gasteiger partial charge in [-0.05, 0) is 37.3 Å². The van der Waals surface area contributed by atoms with Gasteiger partial charge in [0.05, 0.1) is 7.11 Å². The number of hydrogen-bond acceptors (Lipinski definition) is 2. The van der Waals surface area contributed by atoms with Gasteiger partial charge in [0.15, 0.2) is 0 Å². The zero-order valence-corrected chi connectivity index (χ0v) is 11.1. The number of allylic oxidation sites excluding steroid dienone is 1. The second kappa shape index (κ2) is 6.60. The van der Waals surface area contributed by atoms with Gasteiger partial charge in [-0.15, -0.1) is 0 Å². The van der Waals surface area contributed by atoms with E-state index in [2.05, 4.69) is 6.08 Å². The van der Waals surface area contributed by atoms with Crippen LogP contribution in [0.1, 0.15) is 50.2 Å². The van der Waals surface area contributed by atoms with Crippen LogP contribution in [0.3, 0.4) is 0 Å². The normalized spacial score (nSPS) is 21.3. The molecule has 0 heterocycles. The first-order valence-corrected chi connectivity index (χ1v) is 6.83. The standard InChI is InChI=1S/C16H22O2/c1-18-15-12-8-7-11-14(15)16(17)13-9-5-3-2-4-6-10-13/h7-9,11-12,16-17H,2-6,10H2,1H3/b13-9+. The molecule has 1 unspecified atom stereocenters. The molecule has 1 aliphatic rings. The van der Waals surface area contributed by atoms with Gasteiger partial charge in [0.1, 0.15) is 11.9 Å². The van der Waals surface area contributed by atoms with Gasteiger partial charge in [-0.25, -0.2) is 0 Å². The maximum atomic E-state index is 10.5. The third-order valence-electron chi connectivity index (χ3n) is 3.61. The molecular formula is C16H22O2. The lowest BCUT2D eigenvalue weighted by Gasteiger charge is -2.19. The fourth-order valence-corrected chi connectivity index (χ4v) is 2.56. The average Bonchev–Trinajstić information content (AvgIpc) is 2.37. The van der Waals surface area contributed by atoms with Gasteiger partial charge < -0.3 is 9.84 Å². The summed E-state index contributed by atoms with van der Waals surface area (Å²) in [5, 5.41) is 10.5. The minimum Gasteiger partial charge on any atom is -0.496 e. The lowest BCUT2D eigenvalue weighted by atomic mass is 9.92. The first kappa shape index (κ1) is 13.2. The quantitative estimate of drug-likeness (QED) is 0.816. The molecule has 1 N–H and O–H groups in total. The highest BCUT2D eigenvalue weighted by molar-refractivity contribution is 5.39. The lowest BCUT2D eigenvalue weighted by Crippen LogP contribution is -2.05. The second-order valence-electron chi connectivity index (χ2n) is 4.88. The summed E-state index contributed by atoms with van der Waals surface area (Å²) in [6, 6.07) is 7.73. The summed E-state index contributed by atoms with van der Waals surface area (Å²) in [5.74, 6) is 0.771. The van der Waals surface area contributed by atoms with Crippen LogP contribution in [-0.2, 0) is 0 Å². The molecule has 1 atom stereocenters. The molecule has 0 aromatic heterocycles.